The molecule has 0 radical (unpaired) electrons. The van der Waals surface area contributed by atoms with Crippen LogP contribution in [0.1, 0.15) is 20.3 Å². The van der Waals surface area contributed by atoms with Crippen molar-refractivity contribution >= 4 is 11.8 Å². The van der Waals surface area contributed by atoms with Crippen LogP contribution >= 0.6 is 11.8 Å². The molecule has 0 aliphatic carbocycles. The van der Waals surface area contributed by atoms with Crippen molar-refractivity contribution in [3.05, 3.63) is 34.1 Å². The lowest BCUT2D eigenvalue weighted by Crippen LogP contribution is -1.70. The maximum atomic E-state index is 2.24. The molecule has 0 aromatic heterocycles. The fourth-order valence-corrected chi connectivity index (χ4v) is 1.59. The van der Waals surface area contributed by atoms with Gasteiger partial charge in [0, 0.05) is 0 Å². The number of thioether (sulfide) groups is 1. The van der Waals surface area contributed by atoms with E-state index in [2.05, 4.69) is 37.5 Å². The van der Waals surface area contributed by atoms with Gasteiger partial charge in [-0.3, -0.25) is 0 Å². The molecule has 0 N–H and O–H groups in total. The first kappa shape index (κ1) is 7.67. The largest absolute Gasteiger partial charge is 0.103 e. The Hall–Kier alpha value is -0.430. The van der Waals surface area contributed by atoms with Gasteiger partial charge in [0.05, 0.1) is 0 Å². The second kappa shape index (κ2) is 3.67. The van der Waals surface area contributed by atoms with Crippen LogP contribution in [0.4, 0.5) is 0 Å². The first-order chi connectivity index (χ1) is 4.83. The molecule has 0 spiro atoms. The van der Waals surface area contributed by atoms with Crippen molar-refractivity contribution in [2.24, 2.45) is 0 Å². The fraction of sp³-hybridized carbons (Fsp3) is 0.333. The van der Waals surface area contributed by atoms with Crippen LogP contribution in [0.3, 0.4) is 0 Å². The summed E-state index contributed by atoms with van der Waals surface area (Å²) >= 11 is 1.83. The normalized spacial score (nSPS) is 22.6. The highest BCUT2D eigenvalue weighted by Gasteiger charge is 1.98. The van der Waals surface area contributed by atoms with Gasteiger partial charge in [-0.1, -0.05) is 17.7 Å². The zero-order chi connectivity index (χ0) is 7.40. The molecule has 1 heteroatoms. The Kier molecular flexibility index (Phi) is 2.82. The second-order valence-corrected chi connectivity index (χ2v) is 3.37. The van der Waals surface area contributed by atoms with E-state index in [0.717, 1.165) is 6.42 Å². The highest BCUT2D eigenvalue weighted by atomic mass is 32.2. The molecule has 1 heterocycles. The van der Waals surface area contributed by atoms with Crippen molar-refractivity contribution in [3.63, 3.8) is 0 Å². The average molecular weight is 152 g/mol. The minimum Gasteiger partial charge on any atom is -0.103 e. The van der Waals surface area contributed by atoms with Gasteiger partial charge < -0.3 is 0 Å². The van der Waals surface area contributed by atoms with Gasteiger partial charge in [-0.05, 0) is 36.7 Å². The molecule has 0 nitrogen and oxygen atoms in total. The summed E-state index contributed by atoms with van der Waals surface area (Å²) in [5, 5.41) is 2.15. The Morgan fingerprint density at radius 2 is 2.50 bits per heavy atom. The molecule has 0 saturated carbocycles. The standard InChI is InChI=1S/C9H12S/c1-3-8(2)7-9-5-4-6-10-9/h3-4,6-7H,5H2,1-2H3/b8-3-,9-7+. The van der Waals surface area contributed by atoms with Crippen LogP contribution in [0.5, 0.6) is 0 Å². The first-order valence-electron chi connectivity index (χ1n) is 3.48. The van der Waals surface area contributed by atoms with Crippen LogP contribution in [0.2, 0.25) is 0 Å². The van der Waals surface area contributed by atoms with Gasteiger partial charge in [-0.25, -0.2) is 0 Å². The summed E-state index contributed by atoms with van der Waals surface area (Å²) in [6.45, 7) is 4.20. The van der Waals surface area contributed by atoms with E-state index in [-0.39, 0.29) is 0 Å². The monoisotopic (exact) mass is 152 g/mol. The molecular weight excluding hydrogens is 140 g/mol. The minimum atomic E-state index is 1.12. The number of allylic oxidation sites excluding steroid dienone is 5. The van der Waals surface area contributed by atoms with E-state index in [1.54, 1.807) is 0 Å². The number of hydrogen-bond acceptors (Lipinski definition) is 1. The average Bonchev–Trinajstić information content (AvgIpc) is 2.40. The Labute approximate surface area is 66.7 Å². The van der Waals surface area contributed by atoms with Crippen LogP contribution in [0.15, 0.2) is 34.1 Å². The van der Waals surface area contributed by atoms with Crippen molar-refractivity contribution in [1.82, 2.24) is 0 Å². The van der Waals surface area contributed by atoms with Gasteiger partial charge in [0.1, 0.15) is 0 Å². The summed E-state index contributed by atoms with van der Waals surface area (Å²) in [5.41, 5.74) is 1.35. The van der Waals surface area contributed by atoms with Crippen LogP contribution in [0.25, 0.3) is 0 Å². The summed E-state index contributed by atoms with van der Waals surface area (Å²) in [6.07, 6.45) is 7.69. The lowest BCUT2D eigenvalue weighted by molar-refractivity contribution is 1.36. The lowest BCUT2D eigenvalue weighted by atomic mass is 10.2. The second-order valence-electron chi connectivity index (χ2n) is 2.34. The van der Waals surface area contributed by atoms with Crippen LogP contribution in [-0.4, -0.2) is 0 Å². The maximum absolute atomic E-state index is 2.24. The van der Waals surface area contributed by atoms with Gasteiger partial charge in [-0.15, -0.1) is 11.8 Å². The van der Waals surface area contributed by atoms with Gasteiger partial charge in [-0.2, -0.15) is 0 Å². The zero-order valence-electron chi connectivity index (χ0n) is 6.42. The summed E-state index contributed by atoms with van der Waals surface area (Å²) in [7, 11) is 0. The summed E-state index contributed by atoms with van der Waals surface area (Å²) < 4.78 is 0. The Morgan fingerprint density at radius 3 is 3.00 bits per heavy atom. The molecule has 1 aliphatic rings. The summed E-state index contributed by atoms with van der Waals surface area (Å²) in [6, 6.07) is 0. The van der Waals surface area contributed by atoms with E-state index in [9.17, 15) is 0 Å². The highest BCUT2D eigenvalue weighted by molar-refractivity contribution is 8.06. The Balaban J connectivity index is 2.56. The van der Waals surface area contributed by atoms with Gasteiger partial charge >= 0.3 is 0 Å². The van der Waals surface area contributed by atoms with E-state index in [1.807, 2.05) is 11.8 Å². The lowest BCUT2D eigenvalue weighted by Gasteiger charge is -1.93. The van der Waals surface area contributed by atoms with Crippen molar-refractivity contribution < 1.29 is 0 Å². The molecule has 10 heavy (non-hydrogen) atoms. The molecule has 0 bridgehead atoms. The van der Waals surface area contributed by atoms with Gasteiger partial charge in [0.2, 0.25) is 0 Å². The van der Waals surface area contributed by atoms with E-state index in [4.69, 9.17) is 0 Å². The topological polar surface area (TPSA) is 0 Å². The van der Waals surface area contributed by atoms with Gasteiger partial charge in [0.15, 0.2) is 0 Å². The molecule has 0 saturated heterocycles. The quantitative estimate of drug-likeness (QED) is 0.554. The maximum Gasteiger partial charge on any atom is -0.00255 e. The zero-order valence-corrected chi connectivity index (χ0v) is 7.24. The van der Waals surface area contributed by atoms with Crippen molar-refractivity contribution in [2.45, 2.75) is 20.3 Å². The van der Waals surface area contributed by atoms with Crippen LogP contribution in [0, 0.1) is 0 Å². The molecule has 0 unspecified atom stereocenters. The van der Waals surface area contributed by atoms with Crippen LogP contribution in [-0.2, 0) is 0 Å². The van der Waals surface area contributed by atoms with E-state index in [0.29, 0.717) is 0 Å². The predicted molar refractivity (Wildman–Crippen MR) is 48.9 cm³/mol. The summed E-state index contributed by atoms with van der Waals surface area (Å²) in [5.74, 6) is 0. The van der Waals surface area contributed by atoms with Gasteiger partial charge in [0.25, 0.3) is 0 Å². The first-order valence-corrected chi connectivity index (χ1v) is 4.36. The molecule has 0 atom stereocenters. The molecule has 1 rings (SSSR count). The minimum absolute atomic E-state index is 1.12. The molecule has 54 valence electrons. The van der Waals surface area contributed by atoms with Crippen molar-refractivity contribution in [2.75, 3.05) is 0 Å². The highest BCUT2D eigenvalue weighted by Crippen LogP contribution is 2.28. The van der Waals surface area contributed by atoms with Crippen molar-refractivity contribution in [1.29, 1.82) is 0 Å². The van der Waals surface area contributed by atoms with Crippen LogP contribution < -0.4 is 0 Å². The number of hydrogen-bond donors (Lipinski definition) is 0. The smallest absolute Gasteiger partial charge is 0.00255 e. The van der Waals surface area contributed by atoms with Crippen molar-refractivity contribution in [3.8, 4) is 0 Å². The third-order valence-electron chi connectivity index (χ3n) is 1.48. The Bertz CT molecular complexity index is 187. The molecule has 0 aromatic carbocycles. The fourth-order valence-electron chi connectivity index (χ4n) is 0.778. The number of rotatable bonds is 1. The third-order valence-corrected chi connectivity index (χ3v) is 2.39. The Morgan fingerprint density at radius 1 is 1.70 bits per heavy atom. The molecule has 0 amide bonds. The van der Waals surface area contributed by atoms with E-state index in [1.165, 1.54) is 10.5 Å². The summed E-state index contributed by atoms with van der Waals surface area (Å²) in [4.78, 5) is 1.45. The molecule has 1 aliphatic heterocycles. The molecular formula is C9H12S. The van der Waals surface area contributed by atoms with E-state index >= 15 is 0 Å². The third kappa shape index (κ3) is 2.07. The van der Waals surface area contributed by atoms with E-state index < -0.39 is 0 Å². The molecule has 0 fully saturated rings. The predicted octanol–water partition coefficient (Wildman–Crippen LogP) is 3.49. The molecule has 0 aromatic rings. The SMILES string of the molecule is C/C=C(C)\C=C1/CC=CS1.